The smallest absolute Gasteiger partial charge is 0.259 e. The number of carbonyl (C=O) groups is 1. The van der Waals surface area contributed by atoms with Crippen molar-refractivity contribution in [1.29, 1.82) is 0 Å². The summed E-state index contributed by atoms with van der Waals surface area (Å²) in [5.41, 5.74) is 0.241. The maximum atomic E-state index is 13.0. The number of likely N-dealkylation sites (tertiary alicyclic amines) is 1. The Balaban J connectivity index is 1.81. The van der Waals surface area contributed by atoms with Crippen molar-refractivity contribution >= 4 is 26.8 Å². The lowest BCUT2D eigenvalue weighted by molar-refractivity contribution is 0.0730. The fourth-order valence-corrected chi connectivity index (χ4v) is 5.25. The third kappa shape index (κ3) is 3.23. The normalized spacial score (nSPS) is 18.7. The Morgan fingerprint density at radius 2 is 1.75 bits per heavy atom. The van der Waals surface area contributed by atoms with Crippen LogP contribution < -0.4 is 5.43 Å². The Kier molecular flexibility index (Phi) is 4.98. The molecule has 2 aromatic rings. The Hall–Kier alpha value is -2.23. The largest absolute Gasteiger partial charge is 0.379 e. The summed E-state index contributed by atoms with van der Waals surface area (Å²) in [6.07, 6.45) is 3.41. The van der Waals surface area contributed by atoms with Crippen LogP contribution in [0.2, 0.25) is 0 Å². The van der Waals surface area contributed by atoms with Crippen LogP contribution in [0.25, 0.3) is 10.9 Å². The van der Waals surface area contributed by atoms with Gasteiger partial charge in [-0.3, -0.25) is 9.59 Å². The highest BCUT2D eigenvalue weighted by atomic mass is 32.2. The predicted molar refractivity (Wildman–Crippen MR) is 104 cm³/mol. The molecule has 0 aliphatic carbocycles. The van der Waals surface area contributed by atoms with Gasteiger partial charge in [0, 0.05) is 44.8 Å². The molecule has 0 unspecified atom stereocenters. The second-order valence-corrected chi connectivity index (χ2v) is 9.12. The number of hydrogen-bond acceptors (Lipinski definition) is 5. The first kappa shape index (κ1) is 19.1. The highest BCUT2D eigenvalue weighted by Gasteiger charge is 2.28. The van der Waals surface area contributed by atoms with Crippen LogP contribution in [0, 0.1) is 0 Å². The number of morpholine rings is 1. The molecule has 2 aliphatic rings. The minimum absolute atomic E-state index is 0.0600. The summed E-state index contributed by atoms with van der Waals surface area (Å²) in [5, 5.41) is 0.238. The predicted octanol–water partition coefficient (Wildman–Crippen LogP) is 0.795. The zero-order chi connectivity index (χ0) is 19.9. The molecule has 1 amide bonds. The lowest BCUT2D eigenvalue weighted by Crippen LogP contribution is -2.40. The van der Waals surface area contributed by atoms with Crippen LogP contribution in [0.3, 0.4) is 0 Å². The Morgan fingerprint density at radius 3 is 2.43 bits per heavy atom. The van der Waals surface area contributed by atoms with Crippen LogP contribution in [0.15, 0.2) is 34.1 Å². The lowest BCUT2D eigenvalue weighted by Gasteiger charge is -2.26. The molecule has 150 valence electrons. The van der Waals surface area contributed by atoms with E-state index in [0.29, 0.717) is 31.8 Å². The maximum Gasteiger partial charge on any atom is 0.259 e. The summed E-state index contributed by atoms with van der Waals surface area (Å²) in [7, 11) is -1.97. The van der Waals surface area contributed by atoms with Gasteiger partial charge in [-0.05, 0) is 31.0 Å². The Morgan fingerprint density at radius 1 is 1.07 bits per heavy atom. The molecule has 0 atom stereocenters. The van der Waals surface area contributed by atoms with Gasteiger partial charge in [-0.1, -0.05) is 0 Å². The average molecular weight is 405 g/mol. The minimum Gasteiger partial charge on any atom is -0.379 e. The fourth-order valence-electron chi connectivity index (χ4n) is 3.81. The fraction of sp³-hybridized carbons (Fsp3) is 0.474. The SMILES string of the molecule is Cn1cc(C(=O)N2CCCC2)c(=O)c2cc(S(=O)(=O)N3CCOCC3)ccc21. The molecular formula is C19H23N3O5S. The van der Waals surface area contributed by atoms with E-state index in [1.54, 1.807) is 28.8 Å². The van der Waals surface area contributed by atoms with E-state index in [2.05, 4.69) is 0 Å². The molecule has 3 heterocycles. The standard InChI is InChI=1S/C19H23N3O5S/c1-20-13-16(19(24)21-6-2-3-7-21)18(23)15-12-14(4-5-17(15)20)28(25,26)22-8-10-27-11-9-22/h4-5,12-13H,2-3,6-11H2,1H3. The zero-order valence-corrected chi connectivity index (χ0v) is 16.6. The molecule has 0 N–H and O–H groups in total. The van der Waals surface area contributed by atoms with Crippen molar-refractivity contribution in [3.8, 4) is 0 Å². The molecule has 2 aliphatic heterocycles. The van der Waals surface area contributed by atoms with E-state index in [0.717, 1.165) is 12.8 Å². The first-order valence-corrected chi connectivity index (χ1v) is 10.8. The van der Waals surface area contributed by atoms with E-state index in [9.17, 15) is 18.0 Å². The Bertz CT molecular complexity index is 1080. The van der Waals surface area contributed by atoms with E-state index in [4.69, 9.17) is 4.74 Å². The quantitative estimate of drug-likeness (QED) is 0.754. The van der Waals surface area contributed by atoms with Crippen molar-refractivity contribution < 1.29 is 17.9 Å². The van der Waals surface area contributed by atoms with Crippen molar-refractivity contribution in [3.63, 3.8) is 0 Å². The van der Waals surface area contributed by atoms with Gasteiger partial charge < -0.3 is 14.2 Å². The molecular weight excluding hydrogens is 382 g/mol. The van der Waals surface area contributed by atoms with Crippen molar-refractivity contribution in [2.75, 3.05) is 39.4 Å². The van der Waals surface area contributed by atoms with Gasteiger partial charge in [0.15, 0.2) is 0 Å². The lowest BCUT2D eigenvalue weighted by atomic mass is 10.1. The summed E-state index contributed by atoms with van der Waals surface area (Å²) in [6, 6.07) is 4.52. The monoisotopic (exact) mass is 405 g/mol. The molecule has 0 radical (unpaired) electrons. The van der Waals surface area contributed by atoms with Crippen molar-refractivity contribution in [2.45, 2.75) is 17.7 Å². The summed E-state index contributed by atoms with van der Waals surface area (Å²) in [5.74, 6) is -0.290. The second-order valence-electron chi connectivity index (χ2n) is 7.18. The van der Waals surface area contributed by atoms with Crippen LogP contribution in [-0.4, -0.2) is 67.5 Å². The van der Waals surface area contributed by atoms with Crippen LogP contribution in [-0.2, 0) is 21.8 Å². The molecule has 0 bridgehead atoms. The van der Waals surface area contributed by atoms with E-state index >= 15 is 0 Å². The van der Waals surface area contributed by atoms with E-state index in [1.165, 1.54) is 16.4 Å². The number of pyridine rings is 1. The average Bonchev–Trinajstić information content (AvgIpc) is 3.25. The van der Waals surface area contributed by atoms with Crippen molar-refractivity contribution in [1.82, 2.24) is 13.8 Å². The molecule has 9 heteroatoms. The summed E-state index contributed by atoms with van der Waals surface area (Å²) in [6.45, 7) is 2.56. The van der Waals surface area contributed by atoms with Crippen LogP contribution in [0.5, 0.6) is 0 Å². The Labute approximate surface area is 163 Å². The number of hydrogen-bond donors (Lipinski definition) is 0. The summed E-state index contributed by atoms with van der Waals surface area (Å²) in [4.78, 5) is 27.5. The first-order chi connectivity index (χ1) is 13.4. The number of carbonyl (C=O) groups excluding carboxylic acids is 1. The number of sulfonamides is 1. The van der Waals surface area contributed by atoms with Gasteiger partial charge in [-0.2, -0.15) is 4.31 Å². The van der Waals surface area contributed by atoms with E-state index < -0.39 is 15.5 Å². The summed E-state index contributed by atoms with van der Waals surface area (Å²) < 4.78 is 34.2. The highest BCUT2D eigenvalue weighted by molar-refractivity contribution is 7.89. The van der Waals surface area contributed by atoms with E-state index in [1.807, 2.05) is 0 Å². The summed E-state index contributed by atoms with van der Waals surface area (Å²) >= 11 is 0. The maximum absolute atomic E-state index is 13.0. The van der Waals surface area contributed by atoms with Crippen LogP contribution >= 0.6 is 0 Å². The third-order valence-corrected chi connectivity index (χ3v) is 7.29. The molecule has 1 aromatic heterocycles. The number of aromatic nitrogens is 1. The second kappa shape index (κ2) is 7.31. The number of benzene rings is 1. The number of amides is 1. The minimum atomic E-state index is -3.72. The number of rotatable bonds is 3. The molecule has 0 spiro atoms. The molecule has 8 nitrogen and oxygen atoms in total. The topological polar surface area (TPSA) is 88.9 Å². The van der Waals surface area contributed by atoms with Gasteiger partial charge in [0.05, 0.1) is 23.6 Å². The number of aryl methyl sites for hydroxylation is 1. The molecule has 2 saturated heterocycles. The van der Waals surface area contributed by atoms with Crippen molar-refractivity contribution in [3.05, 3.63) is 40.2 Å². The number of fused-ring (bicyclic) bond motifs is 1. The van der Waals surface area contributed by atoms with Crippen molar-refractivity contribution in [2.24, 2.45) is 7.05 Å². The third-order valence-electron chi connectivity index (χ3n) is 5.39. The van der Waals surface area contributed by atoms with Gasteiger partial charge >= 0.3 is 0 Å². The molecule has 28 heavy (non-hydrogen) atoms. The van der Waals surface area contributed by atoms with E-state index in [-0.39, 0.29) is 34.8 Å². The van der Waals surface area contributed by atoms with Gasteiger partial charge in [0.2, 0.25) is 15.5 Å². The van der Waals surface area contributed by atoms with Gasteiger partial charge in [-0.15, -0.1) is 0 Å². The molecule has 4 rings (SSSR count). The van der Waals surface area contributed by atoms with Crippen LogP contribution in [0.1, 0.15) is 23.2 Å². The highest BCUT2D eigenvalue weighted by Crippen LogP contribution is 2.22. The van der Waals surface area contributed by atoms with Gasteiger partial charge in [-0.25, -0.2) is 8.42 Å². The van der Waals surface area contributed by atoms with Crippen LogP contribution in [0.4, 0.5) is 0 Å². The number of nitrogens with zero attached hydrogens (tertiary/aromatic N) is 3. The number of ether oxygens (including phenoxy) is 1. The van der Waals surface area contributed by atoms with Gasteiger partial charge in [0.1, 0.15) is 5.56 Å². The molecule has 2 fully saturated rings. The first-order valence-electron chi connectivity index (χ1n) is 9.40. The molecule has 0 saturated carbocycles. The zero-order valence-electron chi connectivity index (χ0n) is 15.8. The molecule has 1 aromatic carbocycles. The van der Waals surface area contributed by atoms with Gasteiger partial charge in [0.25, 0.3) is 5.91 Å².